The Morgan fingerprint density at radius 3 is 2.68 bits per heavy atom. The van der Waals surface area contributed by atoms with Gasteiger partial charge in [0.15, 0.2) is 0 Å². The number of hydrogen-bond acceptors (Lipinski definition) is 3. The van der Waals surface area contributed by atoms with Gasteiger partial charge in [-0.15, -0.1) is 11.3 Å². The van der Waals surface area contributed by atoms with Crippen LogP contribution in [0.3, 0.4) is 0 Å². The number of anilines is 1. The predicted molar refractivity (Wildman–Crippen MR) is 84.7 cm³/mol. The van der Waals surface area contributed by atoms with Gasteiger partial charge >= 0.3 is 0 Å². The summed E-state index contributed by atoms with van der Waals surface area (Å²) in [6, 6.07) is 13.0. The lowest BCUT2D eigenvalue weighted by Gasteiger charge is -2.24. The van der Waals surface area contributed by atoms with E-state index in [9.17, 15) is 0 Å². The molecule has 1 atom stereocenters. The van der Waals surface area contributed by atoms with Gasteiger partial charge in [0.1, 0.15) is 0 Å². The Bertz CT molecular complexity index is 493. The Balaban J connectivity index is 1.84. The lowest BCUT2D eigenvalue weighted by molar-refractivity contribution is 0.260. The van der Waals surface area contributed by atoms with E-state index in [0.717, 1.165) is 25.1 Å². The highest BCUT2D eigenvalue weighted by atomic mass is 32.1. The minimum Gasteiger partial charge on any atom is -0.399 e. The normalized spacial score (nSPS) is 12.8. The summed E-state index contributed by atoms with van der Waals surface area (Å²) in [5.74, 6) is 0. The van der Waals surface area contributed by atoms with Crippen LogP contribution in [-0.2, 0) is 12.8 Å². The monoisotopic (exact) mass is 274 g/mol. The molecule has 1 aromatic heterocycles. The highest BCUT2D eigenvalue weighted by Gasteiger charge is 2.11. The Hall–Kier alpha value is -1.32. The lowest BCUT2D eigenvalue weighted by atomic mass is 10.1. The summed E-state index contributed by atoms with van der Waals surface area (Å²) < 4.78 is 0. The zero-order valence-corrected chi connectivity index (χ0v) is 12.5. The predicted octanol–water partition coefficient (Wildman–Crippen LogP) is 3.44. The lowest BCUT2D eigenvalue weighted by Crippen LogP contribution is -2.32. The van der Waals surface area contributed by atoms with Crippen molar-refractivity contribution in [3.05, 3.63) is 52.2 Å². The number of likely N-dealkylation sites (N-methyl/N-ethyl adjacent to an activating group) is 1. The molecule has 2 rings (SSSR count). The highest BCUT2D eigenvalue weighted by molar-refractivity contribution is 7.09. The van der Waals surface area contributed by atoms with E-state index in [0.29, 0.717) is 6.04 Å². The molecule has 0 bridgehead atoms. The van der Waals surface area contributed by atoms with E-state index in [1.165, 1.54) is 10.4 Å². The van der Waals surface area contributed by atoms with Gasteiger partial charge < -0.3 is 10.6 Å². The minimum absolute atomic E-state index is 0.559. The first-order valence-electron chi connectivity index (χ1n) is 6.73. The molecule has 0 aliphatic carbocycles. The number of nitrogen functional groups attached to an aromatic ring is 1. The Labute approximate surface area is 119 Å². The van der Waals surface area contributed by atoms with Crippen molar-refractivity contribution >= 4 is 17.0 Å². The zero-order valence-electron chi connectivity index (χ0n) is 11.7. The fourth-order valence-corrected chi connectivity index (χ4v) is 2.98. The second-order valence-electron chi connectivity index (χ2n) is 5.06. The van der Waals surface area contributed by atoms with Gasteiger partial charge in [-0.3, -0.25) is 0 Å². The van der Waals surface area contributed by atoms with E-state index >= 15 is 0 Å². The van der Waals surface area contributed by atoms with Crippen LogP contribution in [0.4, 0.5) is 5.69 Å². The van der Waals surface area contributed by atoms with E-state index < -0.39 is 0 Å². The van der Waals surface area contributed by atoms with Gasteiger partial charge in [-0.25, -0.2) is 0 Å². The van der Waals surface area contributed by atoms with Gasteiger partial charge in [-0.2, -0.15) is 0 Å². The van der Waals surface area contributed by atoms with E-state index in [1.54, 1.807) is 0 Å². The maximum Gasteiger partial charge on any atom is 0.0347 e. The summed E-state index contributed by atoms with van der Waals surface area (Å²) in [4.78, 5) is 3.87. The average molecular weight is 274 g/mol. The van der Waals surface area contributed by atoms with Crippen molar-refractivity contribution in [3.63, 3.8) is 0 Å². The van der Waals surface area contributed by atoms with Crippen LogP contribution in [0, 0.1) is 0 Å². The second kappa shape index (κ2) is 6.73. The summed E-state index contributed by atoms with van der Waals surface area (Å²) in [7, 11) is 2.19. The molecule has 3 heteroatoms. The molecule has 19 heavy (non-hydrogen) atoms. The number of rotatable bonds is 6. The van der Waals surface area contributed by atoms with Gasteiger partial charge in [0, 0.05) is 23.2 Å². The smallest absolute Gasteiger partial charge is 0.0347 e. The summed E-state index contributed by atoms with van der Waals surface area (Å²) in [5.41, 5.74) is 8.13. The molecule has 102 valence electrons. The SMILES string of the molecule is CC(Cc1cccs1)N(C)CCc1ccccc1N. The number of benzene rings is 1. The van der Waals surface area contributed by atoms with Crippen LogP contribution in [0.5, 0.6) is 0 Å². The zero-order chi connectivity index (χ0) is 13.7. The fraction of sp³-hybridized carbons (Fsp3) is 0.375. The van der Waals surface area contributed by atoms with Crippen LogP contribution >= 0.6 is 11.3 Å². The molecular formula is C16H22N2S. The molecule has 2 nitrogen and oxygen atoms in total. The molecule has 1 aromatic carbocycles. The molecule has 0 fully saturated rings. The molecule has 0 spiro atoms. The summed E-state index contributed by atoms with van der Waals surface area (Å²) in [6.45, 7) is 3.33. The maximum atomic E-state index is 5.98. The third kappa shape index (κ3) is 4.08. The largest absolute Gasteiger partial charge is 0.399 e. The standard InChI is InChI=1S/C16H22N2S/c1-13(12-15-7-5-11-19-15)18(2)10-9-14-6-3-4-8-16(14)17/h3-8,11,13H,9-10,12,17H2,1-2H3. The van der Waals surface area contributed by atoms with Crippen molar-refractivity contribution in [2.24, 2.45) is 0 Å². The third-order valence-electron chi connectivity index (χ3n) is 3.62. The fourth-order valence-electron chi connectivity index (χ4n) is 2.15. The van der Waals surface area contributed by atoms with E-state index in [4.69, 9.17) is 5.73 Å². The molecule has 0 aliphatic heterocycles. The maximum absolute atomic E-state index is 5.98. The van der Waals surface area contributed by atoms with Gasteiger partial charge in [0.25, 0.3) is 0 Å². The van der Waals surface area contributed by atoms with Crippen LogP contribution in [0.1, 0.15) is 17.4 Å². The summed E-state index contributed by atoms with van der Waals surface area (Å²) in [6.07, 6.45) is 2.14. The van der Waals surface area contributed by atoms with Crippen LogP contribution < -0.4 is 5.73 Å². The summed E-state index contributed by atoms with van der Waals surface area (Å²) in [5, 5.41) is 2.15. The molecule has 0 radical (unpaired) electrons. The quantitative estimate of drug-likeness (QED) is 0.818. The van der Waals surface area contributed by atoms with E-state index in [2.05, 4.69) is 48.5 Å². The molecular weight excluding hydrogens is 252 g/mol. The molecule has 0 saturated heterocycles. The van der Waals surface area contributed by atoms with Crippen molar-refractivity contribution in [2.75, 3.05) is 19.3 Å². The first-order valence-corrected chi connectivity index (χ1v) is 7.61. The summed E-state index contributed by atoms with van der Waals surface area (Å²) >= 11 is 1.84. The Morgan fingerprint density at radius 1 is 1.21 bits per heavy atom. The number of para-hydroxylation sites is 1. The molecule has 0 amide bonds. The molecule has 0 aliphatic rings. The van der Waals surface area contributed by atoms with Gasteiger partial charge in [-0.1, -0.05) is 24.3 Å². The van der Waals surface area contributed by atoms with Crippen molar-refractivity contribution in [2.45, 2.75) is 25.8 Å². The number of nitrogens with zero attached hydrogens (tertiary/aromatic N) is 1. The number of hydrogen-bond donors (Lipinski definition) is 1. The molecule has 1 unspecified atom stereocenters. The number of nitrogens with two attached hydrogens (primary N) is 1. The number of thiophene rings is 1. The van der Waals surface area contributed by atoms with Gasteiger partial charge in [0.05, 0.1) is 0 Å². The molecule has 2 aromatic rings. The van der Waals surface area contributed by atoms with Crippen LogP contribution in [0.2, 0.25) is 0 Å². The highest BCUT2D eigenvalue weighted by Crippen LogP contribution is 2.15. The molecule has 2 N–H and O–H groups in total. The van der Waals surface area contributed by atoms with Crippen LogP contribution in [0.25, 0.3) is 0 Å². The minimum atomic E-state index is 0.559. The Kier molecular flexibility index (Phi) is 5.00. The topological polar surface area (TPSA) is 29.3 Å². The average Bonchev–Trinajstić information content (AvgIpc) is 2.90. The van der Waals surface area contributed by atoms with Crippen molar-refractivity contribution in [3.8, 4) is 0 Å². The first kappa shape index (κ1) is 14.1. The first-order chi connectivity index (χ1) is 9.16. The van der Waals surface area contributed by atoms with Crippen LogP contribution in [-0.4, -0.2) is 24.5 Å². The van der Waals surface area contributed by atoms with E-state index in [-0.39, 0.29) is 0 Å². The van der Waals surface area contributed by atoms with Crippen molar-refractivity contribution < 1.29 is 0 Å². The van der Waals surface area contributed by atoms with Crippen LogP contribution in [0.15, 0.2) is 41.8 Å². The van der Waals surface area contributed by atoms with E-state index in [1.807, 2.05) is 23.5 Å². The van der Waals surface area contributed by atoms with Crippen molar-refractivity contribution in [1.29, 1.82) is 0 Å². The van der Waals surface area contributed by atoms with Crippen molar-refractivity contribution in [1.82, 2.24) is 4.90 Å². The van der Waals surface area contributed by atoms with Gasteiger partial charge in [0.2, 0.25) is 0 Å². The molecule has 1 heterocycles. The van der Waals surface area contributed by atoms with Gasteiger partial charge in [-0.05, 0) is 49.9 Å². The third-order valence-corrected chi connectivity index (χ3v) is 4.52. The molecule has 0 saturated carbocycles. The Morgan fingerprint density at radius 2 is 2.00 bits per heavy atom. The second-order valence-corrected chi connectivity index (χ2v) is 6.09.